The van der Waals surface area contributed by atoms with Crippen LogP contribution in [0.15, 0.2) is 60.7 Å². The lowest BCUT2D eigenvalue weighted by atomic mass is 9.69. The van der Waals surface area contributed by atoms with Crippen LogP contribution >= 0.6 is 0 Å². The third-order valence-electron chi connectivity index (χ3n) is 5.41. The lowest BCUT2D eigenvalue weighted by Crippen LogP contribution is -2.44. The summed E-state index contributed by atoms with van der Waals surface area (Å²) >= 11 is 0. The van der Waals surface area contributed by atoms with E-state index in [2.05, 4.69) is 93.4 Å². The first-order chi connectivity index (χ1) is 11.6. The van der Waals surface area contributed by atoms with Crippen LogP contribution in [0.4, 0.5) is 5.69 Å². The number of anilines is 1. The number of benzene rings is 2. The maximum absolute atomic E-state index is 2.42. The molecule has 121 valence electrons. The average molecular weight is 314 g/mol. The Morgan fingerprint density at radius 3 is 2.29 bits per heavy atom. The standard InChI is InChI=1S/C23H24N/c1-15-13-16(2)22(17(3)14-15)23-18-9-5-7-11-20(18)24(4)21-12-8-6-10-19(21)23/h5-14,18,20H,1-4H3. The number of para-hydroxylation sites is 1. The number of nitrogens with zero attached hydrogens (tertiary/aromatic N) is 1. The second-order valence-corrected chi connectivity index (χ2v) is 7.10. The van der Waals surface area contributed by atoms with Crippen LogP contribution in [0.3, 0.4) is 0 Å². The van der Waals surface area contributed by atoms with E-state index in [9.17, 15) is 0 Å². The van der Waals surface area contributed by atoms with Crippen LogP contribution in [0.25, 0.3) is 0 Å². The summed E-state index contributed by atoms with van der Waals surface area (Å²) < 4.78 is 0. The van der Waals surface area contributed by atoms with Crippen LogP contribution in [0, 0.1) is 32.6 Å². The molecule has 2 aliphatic rings. The minimum Gasteiger partial charge on any atom is -0.367 e. The molecule has 24 heavy (non-hydrogen) atoms. The Hall–Kier alpha value is -2.28. The van der Waals surface area contributed by atoms with E-state index in [1.54, 1.807) is 0 Å². The van der Waals surface area contributed by atoms with Gasteiger partial charge in [-0.1, -0.05) is 60.2 Å². The number of fused-ring (bicyclic) bond motifs is 2. The number of aryl methyl sites for hydroxylation is 3. The molecule has 4 rings (SSSR count). The summed E-state index contributed by atoms with van der Waals surface area (Å²) in [5.41, 5.74) is 8.22. The molecule has 0 bridgehead atoms. The normalized spacial score (nSPS) is 22.4. The summed E-state index contributed by atoms with van der Waals surface area (Å²) in [4.78, 5) is 2.42. The first-order valence-corrected chi connectivity index (χ1v) is 8.70. The van der Waals surface area contributed by atoms with E-state index in [0.29, 0.717) is 12.0 Å². The molecule has 2 aromatic rings. The van der Waals surface area contributed by atoms with Crippen molar-refractivity contribution in [2.24, 2.45) is 5.92 Å². The fourth-order valence-electron chi connectivity index (χ4n) is 4.49. The first-order valence-electron chi connectivity index (χ1n) is 8.70. The molecule has 2 aromatic carbocycles. The quantitative estimate of drug-likeness (QED) is 0.704. The molecule has 0 fully saturated rings. The lowest BCUT2D eigenvalue weighted by Gasteiger charge is -2.45. The van der Waals surface area contributed by atoms with E-state index in [1.165, 1.54) is 39.4 Å². The fourth-order valence-corrected chi connectivity index (χ4v) is 4.49. The highest BCUT2D eigenvalue weighted by atomic mass is 15.1. The molecule has 0 saturated heterocycles. The molecule has 2 atom stereocenters. The zero-order chi connectivity index (χ0) is 16.8. The van der Waals surface area contributed by atoms with Crippen LogP contribution in [0.1, 0.15) is 27.8 Å². The van der Waals surface area contributed by atoms with E-state index in [-0.39, 0.29) is 0 Å². The monoisotopic (exact) mass is 314 g/mol. The van der Waals surface area contributed by atoms with Gasteiger partial charge < -0.3 is 4.90 Å². The third-order valence-corrected chi connectivity index (χ3v) is 5.41. The van der Waals surface area contributed by atoms with Gasteiger partial charge in [0, 0.05) is 24.6 Å². The maximum atomic E-state index is 2.42. The summed E-state index contributed by atoms with van der Waals surface area (Å²) in [5, 5.41) is 0. The zero-order valence-corrected chi connectivity index (χ0v) is 14.9. The summed E-state index contributed by atoms with van der Waals surface area (Å²) in [6, 6.07) is 13.8. The predicted octanol–water partition coefficient (Wildman–Crippen LogP) is 5.14. The zero-order valence-electron chi connectivity index (χ0n) is 14.9. The second-order valence-electron chi connectivity index (χ2n) is 7.10. The number of allylic oxidation sites excluding steroid dienone is 2. The van der Waals surface area contributed by atoms with E-state index >= 15 is 0 Å². The third kappa shape index (κ3) is 2.23. The molecular weight excluding hydrogens is 290 g/mol. The minimum atomic E-state index is 0.389. The Balaban J connectivity index is 1.98. The van der Waals surface area contributed by atoms with Gasteiger partial charge in [0.25, 0.3) is 0 Å². The van der Waals surface area contributed by atoms with E-state index in [0.717, 1.165) is 0 Å². The van der Waals surface area contributed by atoms with Gasteiger partial charge in [-0.05, 0) is 49.1 Å². The van der Waals surface area contributed by atoms with E-state index < -0.39 is 0 Å². The van der Waals surface area contributed by atoms with Crippen molar-refractivity contribution in [2.75, 3.05) is 11.9 Å². The van der Waals surface area contributed by atoms with Gasteiger partial charge in [0.1, 0.15) is 0 Å². The van der Waals surface area contributed by atoms with Crippen LogP contribution in [-0.2, 0) is 0 Å². The number of rotatable bonds is 1. The summed E-state index contributed by atoms with van der Waals surface area (Å²) in [6.07, 6.45) is 9.07. The molecule has 1 heterocycles. The lowest BCUT2D eigenvalue weighted by molar-refractivity contribution is 0.560. The van der Waals surface area contributed by atoms with Gasteiger partial charge in [0.2, 0.25) is 0 Å². The van der Waals surface area contributed by atoms with Crippen LogP contribution in [-0.4, -0.2) is 13.1 Å². The van der Waals surface area contributed by atoms with Crippen molar-refractivity contribution in [2.45, 2.75) is 26.8 Å². The second kappa shape index (κ2) is 5.66. The van der Waals surface area contributed by atoms with Gasteiger partial charge in [0.15, 0.2) is 0 Å². The Morgan fingerprint density at radius 1 is 0.875 bits per heavy atom. The first kappa shape index (κ1) is 15.3. The largest absolute Gasteiger partial charge is 0.367 e. The van der Waals surface area contributed by atoms with Crippen LogP contribution < -0.4 is 4.90 Å². The molecule has 0 saturated carbocycles. The van der Waals surface area contributed by atoms with Crippen molar-refractivity contribution < 1.29 is 0 Å². The summed E-state index contributed by atoms with van der Waals surface area (Å²) in [7, 11) is 2.21. The van der Waals surface area contributed by atoms with Gasteiger partial charge in [-0.2, -0.15) is 0 Å². The Kier molecular flexibility index (Phi) is 3.60. The number of hydrogen-bond acceptors (Lipinski definition) is 1. The average Bonchev–Trinajstić information content (AvgIpc) is 2.57. The molecule has 1 radical (unpaired) electrons. The highest BCUT2D eigenvalue weighted by molar-refractivity contribution is 5.71. The molecule has 0 aromatic heterocycles. The molecular formula is C23H24N. The number of likely N-dealkylation sites (N-methyl/N-ethyl adjacent to an activating group) is 1. The van der Waals surface area contributed by atoms with Gasteiger partial charge >= 0.3 is 0 Å². The van der Waals surface area contributed by atoms with Gasteiger partial charge in [-0.25, -0.2) is 0 Å². The van der Waals surface area contributed by atoms with E-state index in [1.807, 2.05) is 0 Å². The fraction of sp³-hybridized carbons (Fsp3) is 0.261. The minimum absolute atomic E-state index is 0.389. The topological polar surface area (TPSA) is 3.24 Å². The molecule has 0 amide bonds. The van der Waals surface area contributed by atoms with E-state index in [4.69, 9.17) is 0 Å². The Labute approximate surface area is 145 Å². The highest BCUT2D eigenvalue weighted by Gasteiger charge is 2.40. The maximum Gasteiger partial charge on any atom is 0.0548 e. The molecule has 2 unspecified atom stereocenters. The molecule has 0 spiro atoms. The van der Waals surface area contributed by atoms with Crippen LogP contribution in [0.2, 0.25) is 0 Å². The highest BCUT2D eigenvalue weighted by Crippen LogP contribution is 2.47. The van der Waals surface area contributed by atoms with Gasteiger partial charge in [-0.3, -0.25) is 0 Å². The van der Waals surface area contributed by atoms with Crippen molar-refractivity contribution in [1.82, 2.24) is 0 Å². The number of hydrogen-bond donors (Lipinski definition) is 0. The molecule has 1 aliphatic carbocycles. The van der Waals surface area contributed by atoms with Gasteiger partial charge in [-0.15, -0.1) is 0 Å². The van der Waals surface area contributed by atoms with Crippen molar-refractivity contribution in [1.29, 1.82) is 0 Å². The molecule has 1 nitrogen and oxygen atoms in total. The smallest absolute Gasteiger partial charge is 0.0548 e. The van der Waals surface area contributed by atoms with Crippen molar-refractivity contribution >= 4 is 5.69 Å². The Bertz CT molecular complexity index is 820. The van der Waals surface area contributed by atoms with Crippen molar-refractivity contribution in [3.05, 3.63) is 94.4 Å². The van der Waals surface area contributed by atoms with Crippen molar-refractivity contribution in [3.8, 4) is 0 Å². The predicted molar refractivity (Wildman–Crippen MR) is 103 cm³/mol. The molecule has 1 aliphatic heterocycles. The van der Waals surface area contributed by atoms with Gasteiger partial charge in [0.05, 0.1) is 6.04 Å². The van der Waals surface area contributed by atoms with Crippen LogP contribution in [0.5, 0.6) is 0 Å². The Morgan fingerprint density at radius 2 is 1.54 bits per heavy atom. The summed E-state index contributed by atoms with van der Waals surface area (Å²) in [5.74, 6) is 1.87. The van der Waals surface area contributed by atoms with Crippen molar-refractivity contribution in [3.63, 3.8) is 0 Å². The SMILES string of the molecule is Cc1cc(C)c([C]2c3ccccc3N(C)C3C=CC=CC23)c(C)c1. The molecule has 1 heteroatoms. The molecule has 0 N–H and O–H groups in total. The summed E-state index contributed by atoms with van der Waals surface area (Å²) in [6.45, 7) is 6.68.